The molecule has 296 valence electrons. The average molecular weight is 787 g/mol. The highest BCUT2D eigenvalue weighted by Crippen LogP contribution is 2.61. The lowest BCUT2D eigenvalue weighted by atomic mass is 9.74. The van der Waals surface area contributed by atoms with Gasteiger partial charge in [-0.15, -0.1) is 0 Å². The molecule has 3 aliphatic rings. The van der Waals surface area contributed by atoms with E-state index in [-0.39, 0.29) is 81.1 Å². The van der Waals surface area contributed by atoms with Crippen LogP contribution in [0.3, 0.4) is 0 Å². The molecule has 13 nitrogen and oxygen atoms in total. The molecule has 13 heteroatoms. The molecule has 3 aliphatic heterocycles. The van der Waals surface area contributed by atoms with E-state index in [4.69, 9.17) is 14.2 Å². The first kappa shape index (κ1) is 36.7. The molecule has 7 atom stereocenters. The van der Waals surface area contributed by atoms with Crippen molar-refractivity contribution in [1.82, 2.24) is 0 Å². The lowest BCUT2D eigenvalue weighted by Gasteiger charge is -2.42. The molecule has 0 unspecified atom stereocenters. The number of aromatic hydroxyl groups is 8. The number of fused-ring (bicyclic) bond motifs is 3. The van der Waals surface area contributed by atoms with Gasteiger partial charge in [0.15, 0.2) is 6.10 Å². The highest BCUT2D eigenvalue weighted by atomic mass is 16.5. The van der Waals surface area contributed by atoms with Gasteiger partial charge in [-0.2, -0.15) is 0 Å². The lowest BCUT2D eigenvalue weighted by molar-refractivity contribution is 0.000418. The number of ether oxygens (including phenoxy) is 3. The van der Waals surface area contributed by atoms with Crippen LogP contribution in [0.2, 0.25) is 0 Å². The third kappa shape index (κ3) is 6.12. The first-order valence-electron chi connectivity index (χ1n) is 18.6. The molecular formula is C45H38O13. The van der Waals surface area contributed by atoms with Gasteiger partial charge in [0.2, 0.25) is 0 Å². The van der Waals surface area contributed by atoms with Crippen LogP contribution in [0, 0.1) is 0 Å². The van der Waals surface area contributed by atoms with Crippen LogP contribution < -0.4 is 14.2 Å². The Balaban J connectivity index is 1.27. The monoisotopic (exact) mass is 786 g/mol. The van der Waals surface area contributed by atoms with Gasteiger partial charge in [0, 0.05) is 58.4 Å². The largest absolute Gasteiger partial charge is 0.508 e. The van der Waals surface area contributed by atoms with Crippen molar-refractivity contribution in [2.24, 2.45) is 0 Å². The first-order chi connectivity index (χ1) is 27.9. The van der Waals surface area contributed by atoms with Gasteiger partial charge in [0.1, 0.15) is 81.6 Å². The summed E-state index contributed by atoms with van der Waals surface area (Å²) in [4.78, 5) is 0. The molecule has 9 rings (SSSR count). The molecule has 3 heterocycles. The smallest absolute Gasteiger partial charge is 0.150 e. The third-order valence-electron chi connectivity index (χ3n) is 11.4. The van der Waals surface area contributed by atoms with E-state index in [1.807, 2.05) is 0 Å². The number of aliphatic hydroxyl groups excluding tert-OH is 2. The van der Waals surface area contributed by atoms with E-state index in [0.717, 1.165) is 12.1 Å². The zero-order valence-corrected chi connectivity index (χ0v) is 30.5. The van der Waals surface area contributed by atoms with Gasteiger partial charge in [0.25, 0.3) is 0 Å². The minimum Gasteiger partial charge on any atom is -0.508 e. The Bertz CT molecular complexity index is 2540. The van der Waals surface area contributed by atoms with E-state index in [9.17, 15) is 51.1 Å². The quantitative estimate of drug-likeness (QED) is 0.0884. The van der Waals surface area contributed by atoms with E-state index in [2.05, 4.69) is 0 Å². The predicted octanol–water partition coefficient (Wildman–Crippen LogP) is 6.65. The summed E-state index contributed by atoms with van der Waals surface area (Å²) in [6.07, 6.45) is -5.67. The van der Waals surface area contributed by atoms with Crippen molar-refractivity contribution in [1.29, 1.82) is 0 Å². The molecule has 6 aromatic rings. The van der Waals surface area contributed by atoms with Crippen LogP contribution in [-0.4, -0.2) is 63.3 Å². The highest BCUT2D eigenvalue weighted by Gasteiger charge is 2.48. The fourth-order valence-corrected chi connectivity index (χ4v) is 8.63. The molecule has 58 heavy (non-hydrogen) atoms. The van der Waals surface area contributed by atoms with Gasteiger partial charge >= 0.3 is 0 Å². The summed E-state index contributed by atoms with van der Waals surface area (Å²) in [6.45, 7) is 0. The van der Waals surface area contributed by atoms with E-state index >= 15 is 0 Å². The van der Waals surface area contributed by atoms with Crippen molar-refractivity contribution >= 4 is 0 Å². The highest BCUT2D eigenvalue weighted by molar-refractivity contribution is 5.69. The molecule has 0 saturated heterocycles. The fourth-order valence-electron chi connectivity index (χ4n) is 8.63. The number of phenolic OH excluding ortho intramolecular Hbond substituents is 8. The van der Waals surface area contributed by atoms with Gasteiger partial charge in [-0.3, -0.25) is 0 Å². The molecule has 10 N–H and O–H groups in total. The van der Waals surface area contributed by atoms with Crippen LogP contribution in [0.5, 0.6) is 63.2 Å². The van der Waals surface area contributed by atoms with E-state index in [0.29, 0.717) is 28.0 Å². The van der Waals surface area contributed by atoms with Crippen molar-refractivity contribution in [3.8, 4) is 63.2 Å². The molecule has 0 radical (unpaired) electrons. The van der Waals surface area contributed by atoms with E-state index in [1.54, 1.807) is 42.5 Å². The number of phenols is 8. The van der Waals surface area contributed by atoms with Gasteiger partial charge in [-0.05, 0) is 65.6 Å². The van der Waals surface area contributed by atoms with Crippen LogP contribution in [0.4, 0.5) is 0 Å². The van der Waals surface area contributed by atoms with Crippen molar-refractivity contribution in [3.05, 3.63) is 148 Å². The second-order valence-corrected chi connectivity index (χ2v) is 14.9. The van der Waals surface area contributed by atoms with Crippen molar-refractivity contribution in [2.75, 3.05) is 0 Å². The minimum absolute atomic E-state index is 0.0134. The predicted molar refractivity (Wildman–Crippen MR) is 206 cm³/mol. The van der Waals surface area contributed by atoms with Crippen molar-refractivity contribution in [2.45, 2.75) is 55.2 Å². The second-order valence-electron chi connectivity index (χ2n) is 14.9. The molecule has 0 saturated carbocycles. The molecule has 0 amide bonds. The van der Waals surface area contributed by atoms with E-state index in [1.165, 1.54) is 48.5 Å². The number of aliphatic hydroxyl groups is 2. The maximum absolute atomic E-state index is 12.5. The van der Waals surface area contributed by atoms with Crippen LogP contribution >= 0.6 is 0 Å². The Morgan fingerprint density at radius 1 is 0.466 bits per heavy atom. The van der Waals surface area contributed by atoms with Crippen LogP contribution in [-0.2, 0) is 6.42 Å². The Morgan fingerprint density at radius 2 is 0.966 bits per heavy atom. The van der Waals surface area contributed by atoms with Gasteiger partial charge in [0.05, 0.1) is 12.0 Å². The molecular weight excluding hydrogens is 748 g/mol. The maximum Gasteiger partial charge on any atom is 0.150 e. The summed E-state index contributed by atoms with van der Waals surface area (Å²) < 4.78 is 19.5. The summed E-state index contributed by atoms with van der Waals surface area (Å²) in [7, 11) is 0. The third-order valence-corrected chi connectivity index (χ3v) is 11.4. The Labute approximate surface area is 330 Å². The number of hydrogen-bond donors (Lipinski definition) is 10. The normalized spacial score (nSPS) is 23.3. The number of benzene rings is 6. The second kappa shape index (κ2) is 13.9. The molecule has 6 aromatic carbocycles. The molecule has 0 bridgehead atoms. The van der Waals surface area contributed by atoms with Gasteiger partial charge in [-0.25, -0.2) is 0 Å². The molecule has 0 aliphatic carbocycles. The molecule has 0 fully saturated rings. The summed E-state index contributed by atoms with van der Waals surface area (Å²) in [5.41, 5.74) is 2.35. The summed E-state index contributed by atoms with van der Waals surface area (Å²) in [5.74, 6) is -3.75. The lowest BCUT2D eigenvalue weighted by Crippen LogP contribution is -2.37. The Hall–Kier alpha value is -6.96. The first-order valence-corrected chi connectivity index (χ1v) is 18.6. The Morgan fingerprint density at radius 3 is 1.59 bits per heavy atom. The van der Waals surface area contributed by atoms with Crippen LogP contribution in [0.1, 0.15) is 81.1 Å². The number of hydrogen-bond acceptors (Lipinski definition) is 13. The van der Waals surface area contributed by atoms with Crippen LogP contribution in [0.15, 0.2) is 103 Å². The van der Waals surface area contributed by atoms with Crippen LogP contribution in [0.25, 0.3) is 0 Å². The fraction of sp³-hybridized carbons (Fsp3) is 0.200. The van der Waals surface area contributed by atoms with Crippen molar-refractivity contribution in [3.63, 3.8) is 0 Å². The Kier molecular flexibility index (Phi) is 8.79. The van der Waals surface area contributed by atoms with Gasteiger partial charge in [-0.1, -0.05) is 42.5 Å². The van der Waals surface area contributed by atoms with Gasteiger partial charge < -0.3 is 65.3 Å². The van der Waals surface area contributed by atoms with E-state index < -0.39 is 53.9 Å². The zero-order valence-electron chi connectivity index (χ0n) is 30.5. The van der Waals surface area contributed by atoms with Crippen molar-refractivity contribution < 1.29 is 65.3 Å². The SMILES string of the molecule is Oc1ccc([C@@H]2C[C@@H](c3c(O)cc(O)c4c3O[C@H](c3ccc(O)cc3)[C@H](O)[C@H]4c3c(O)cc(O)c4c3O[C@H](c3ccc(O)cc3)[C@H](O)C4)c3ccc(O)cc3O2)cc1. The summed E-state index contributed by atoms with van der Waals surface area (Å²) in [6, 6.07) is 25.1. The standard InChI is InChI=1S/C45H38O13/c46-23-7-1-20(2-8-23)35-17-28(27-14-13-26(49)15-36(27)56-35)37-31(51)19-33(53)39-40(41(55)43(58-45(37)39)22-5-11-25(48)12-6-22)38-32(52)18-30(50)29-16-34(54)42(57-44(29)38)21-3-9-24(47)10-4-21/h1-15,18-19,28,34-35,40-43,46-55H,16-17H2/t28-,34-,35+,40+,41-,42-,43-/m1/s1. The topological polar surface area (TPSA) is 230 Å². The molecule has 0 aromatic heterocycles. The molecule has 0 spiro atoms. The zero-order chi connectivity index (χ0) is 40.6. The summed E-state index contributed by atoms with van der Waals surface area (Å²) in [5, 5.41) is 111. The minimum atomic E-state index is -1.59. The summed E-state index contributed by atoms with van der Waals surface area (Å²) >= 11 is 0. The average Bonchev–Trinajstić information content (AvgIpc) is 3.19. The number of rotatable bonds is 5. The maximum atomic E-state index is 12.5.